The van der Waals surface area contributed by atoms with Crippen LogP contribution in [0.15, 0.2) is 12.1 Å². The number of benzene rings is 1. The maximum absolute atomic E-state index is 10.4. The van der Waals surface area contributed by atoms with Gasteiger partial charge in [-0.2, -0.15) is 0 Å². The van der Waals surface area contributed by atoms with Crippen LogP contribution < -0.4 is 0 Å². The molecule has 0 aliphatic heterocycles. The molecule has 1 N–H and O–H groups in total. The lowest BCUT2D eigenvalue weighted by Gasteiger charge is -2.20. The summed E-state index contributed by atoms with van der Waals surface area (Å²) in [6.07, 6.45) is 4.36. The van der Waals surface area contributed by atoms with Crippen molar-refractivity contribution in [3.05, 3.63) is 34.4 Å². The summed E-state index contributed by atoms with van der Waals surface area (Å²) in [6, 6.07) is 4.25. The first-order valence-corrected chi connectivity index (χ1v) is 8.33. The standard InChI is InChI=1S/C19H32O2/c1-6-8-9-17(7-2)12-21-13-18(20)19-15(4)10-14(3)11-16(19)5/h10-11,17-18,20H,6-9,12-13H2,1-5H3. The Balaban J connectivity index is 2.52. The highest BCUT2D eigenvalue weighted by Gasteiger charge is 2.15. The van der Waals surface area contributed by atoms with Crippen molar-refractivity contribution >= 4 is 0 Å². The van der Waals surface area contributed by atoms with E-state index in [2.05, 4.69) is 46.8 Å². The monoisotopic (exact) mass is 292 g/mol. The normalized spacial score (nSPS) is 14.2. The lowest BCUT2D eigenvalue weighted by molar-refractivity contribution is 0.0176. The molecule has 1 aromatic carbocycles. The zero-order valence-electron chi connectivity index (χ0n) is 14.4. The Labute approximate surface area is 130 Å². The largest absolute Gasteiger partial charge is 0.386 e. The van der Waals surface area contributed by atoms with E-state index in [1.165, 1.54) is 24.8 Å². The van der Waals surface area contributed by atoms with Crippen LogP contribution in [-0.4, -0.2) is 18.3 Å². The first kappa shape index (κ1) is 18.2. The maximum Gasteiger partial charge on any atom is 0.103 e. The zero-order chi connectivity index (χ0) is 15.8. The van der Waals surface area contributed by atoms with E-state index in [0.717, 1.165) is 29.7 Å². The molecule has 0 aliphatic carbocycles. The van der Waals surface area contributed by atoms with Gasteiger partial charge in [0.2, 0.25) is 0 Å². The molecule has 1 aromatic rings. The molecule has 0 aromatic heterocycles. The van der Waals surface area contributed by atoms with Crippen LogP contribution >= 0.6 is 0 Å². The number of unbranched alkanes of at least 4 members (excludes halogenated alkanes) is 1. The Kier molecular flexibility index (Phi) is 7.98. The van der Waals surface area contributed by atoms with Gasteiger partial charge in [0.15, 0.2) is 0 Å². The second kappa shape index (κ2) is 9.22. The number of aryl methyl sites for hydroxylation is 3. The van der Waals surface area contributed by atoms with Gasteiger partial charge in [-0.25, -0.2) is 0 Å². The van der Waals surface area contributed by atoms with Crippen molar-refractivity contribution in [3.63, 3.8) is 0 Å². The van der Waals surface area contributed by atoms with Gasteiger partial charge in [-0.3, -0.25) is 0 Å². The molecule has 120 valence electrons. The van der Waals surface area contributed by atoms with Crippen molar-refractivity contribution in [1.29, 1.82) is 0 Å². The molecule has 0 aliphatic rings. The molecule has 2 atom stereocenters. The van der Waals surface area contributed by atoms with E-state index >= 15 is 0 Å². The van der Waals surface area contributed by atoms with Crippen LogP contribution in [0.25, 0.3) is 0 Å². The predicted octanol–water partition coefficient (Wildman–Crippen LogP) is 4.88. The van der Waals surface area contributed by atoms with Gasteiger partial charge in [0.25, 0.3) is 0 Å². The highest BCUT2D eigenvalue weighted by Crippen LogP contribution is 2.24. The van der Waals surface area contributed by atoms with E-state index in [0.29, 0.717) is 12.5 Å². The fraction of sp³-hybridized carbons (Fsp3) is 0.684. The lowest BCUT2D eigenvalue weighted by atomic mass is 9.96. The van der Waals surface area contributed by atoms with E-state index < -0.39 is 6.10 Å². The highest BCUT2D eigenvalue weighted by molar-refractivity contribution is 5.38. The molecule has 1 rings (SSSR count). The second-order valence-corrected chi connectivity index (χ2v) is 6.28. The van der Waals surface area contributed by atoms with Crippen molar-refractivity contribution in [2.24, 2.45) is 5.92 Å². The van der Waals surface area contributed by atoms with Gasteiger partial charge < -0.3 is 9.84 Å². The Morgan fingerprint density at radius 1 is 1.05 bits per heavy atom. The third kappa shape index (κ3) is 5.80. The van der Waals surface area contributed by atoms with Gasteiger partial charge in [0.05, 0.1) is 6.61 Å². The van der Waals surface area contributed by atoms with E-state index in [9.17, 15) is 5.11 Å². The summed E-state index contributed by atoms with van der Waals surface area (Å²) in [5.74, 6) is 0.623. The first-order valence-electron chi connectivity index (χ1n) is 8.33. The van der Waals surface area contributed by atoms with Crippen LogP contribution in [0.2, 0.25) is 0 Å². The van der Waals surface area contributed by atoms with Crippen LogP contribution in [0.5, 0.6) is 0 Å². The van der Waals surface area contributed by atoms with Gasteiger partial charge in [-0.1, -0.05) is 50.8 Å². The third-order valence-corrected chi connectivity index (χ3v) is 4.24. The number of aliphatic hydroxyl groups is 1. The molecule has 0 saturated carbocycles. The number of ether oxygens (including phenoxy) is 1. The van der Waals surface area contributed by atoms with Crippen LogP contribution in [-0.2, 0) is 4.74 Å². The number of hydrogen-bond donors (Lipinski definition) is 1. The van der Waals surface area contributed by atoms with E-state index in [1.807, 2.05) is 0 Å². The highest BCUT2D eigenvalue weighted by atomic mass is 16.5. The quantitative estimate of drug-likeness (QED) is 0.703. The van der Waals surface area contributed by atoms with E-state index in [4.69, 9.17) is 4.74 Å². The van der Waals surface area contributed by atoms with Gasteiger partial charge >= 0.3 is 0 Å². The molecule has 2 nitrogen and oxygen atoms in total. The first-order chi connectivity index (χ1) is 9.99. The number of rotatable bonds is 9. The minimum atomic E-state index is -0.519. The minimum Gasteiger partial charge on any atom is -0.386 e. The Morgan fingerprint density at radius 2 is 1.67 bits per heavy atom. The number of aliphatic hydroxyl groups excluding tert-OH is 1. The van der Waals surface area contributed by atoms with E-state index in [-0.39, 0.29) is 0 Å². The summed E-state index contributed by atoms with van der Waals surface area (Å²) in [7, 11) is 0. The fourth-order valence-corrected chi connectivity index (χ4v) is 3.04. The van der Waals surface area contributed by atoms with Crippen LogP contribution in [0, 0.1) is 26.7 Å². The van der Waals surface area contributed by atoms with Gasteiger partial charge in [-0.15, -0.1) is 0 Å². The molecule has 0 fully saturated rings. The summed E-state index contributed by atoms with van der Waals surface area (Å²) in [6.45, 7) is 11.8. The van der Waals surface area contributed by atoms with Crippen LogP contribution in [0.3, 0.4) is 0 Å². The van der Waals surface area contributed by atoms with Crippen molar-refractivity contribution in [2.45, 2.75) is 66.4 Å². The van der Waals surface area contributed by atoms with E-state index in [1.54, 1.807) is 0 Å². The Bertz CT molecular complexity index is 403. The molecule has 2 unspecified atom stereocenters. The van der Waals surface area contributed by atoms with Gasteiger partial charge in [-0.05, 0) is 49.8 Å². The molecular weight excluding hydrogens is 260 g/mol. The summed E-state index contributed by atoms with van der Waals surface area (Å²) in [4.78, 5) is 0. The summed E-state index contributed by atoms with van der Waals surface area (Å²) in [5, 5.41) is 10.4. The molecule has 21 heavy (non-hydrogen) atoms. The molecule has 0 saturated heterocycles. The van der Waals surface area contributed by atoms with Crippen LogP contribution in [0.4, 0.5) is 0 Å². The molecule has 0 radical (unpaired) electrons. The maximum atomic E-state index is 10.4. The Morgan fingerprint density at radius 3 is 2.19 bits per heavy atom. The fourth-order valence-electron chi connectivity index (χ4n) is 3.04. The number of hydrogen-bond acceptors (Lipinski definition) is 2. The molecule has 0 bridgehead atoms. The third-order valence-electron chi connectivity index (χ3n) is 4.24. The average molecular weight is 292 g/mol. The second-order valence-electron chi connectivity index (χ2n) is 6.28. The van der Waals surface area contributed by atoms with Crippen molar-refractivity contribution in [1.82, 2.24) is 0 Å². The van der Waals surface area contributed by atoms with Gasteiger partial charge in [0, 0.05) is 6.61 Å². The lowest BCUT2D eigenvalue weighted by Crippen LogP contribution is -2.15. The van der Waals surface area contributed by atoms with Gasteiger partial charge in [0.1, 0.15) is 6.10 Å². The summed E-state index contributed by atoms with van der Waals surface area (Å²) < 4.78 is 5.79. The predicted molar refractivity (Wildman–Crippen MR) is 89.7 cm³/mol. The molecule has 0 heterocycles. The Hall–Kier alpha value is -0.860. The smallest absolute Gasteiger partial charge is 0.103 e. The van der Waals surface area contributed by atoms with Crippen molar-refractivity contribution in [2.75, 3.05) is 13.2 Å². The molecule has 0 amide bonds. The molecule has 0 spiro atoms. The molecule has 2 heteroatoms. The van der Waals surface area contributed by atoms with Crippen LogP contribution in [0.1, 0.15) is 67.9 Å². The average Bonchev–Trinajstić information content (AvgIpc) is 2.41. The molecular formula is C19H32O2. The minimum absolute atomic E-state index is 0.396. The SMILES string of the molecule is CCCCC(CC)COCC(O)c1c(C)cc(C)cc1C. The van der Waals surface area contributed by atoms with Crippen molar-refractivity contribution < 1.29 is 9.84 Å². The topological polar surface area (TPSA) is 29.5 Å². The zero-order valence-corrected chi connectivity index (χ0v) is 14.4. The summed E-state index contributed by atoms with van der Waals surface area (Å²) >= 11 is 0. The summed E-state index contributed by atoms with van der Waals surface area (Å²) in [5.41, 5.74) is 4.58. The van der Waals surface area contributed by atoms with Crippen molar-refractivity contribution in [3.8, 4) is 0 Å².